The second-order valence-corrected chi connectivity index (χ2v) is 6.69. The Kier molecular flexibility index (Phi) is 4.22. The van der Waals surface area contributed by atoms with Gasteiger partial charge in [-0.05, 0) is 24.3 Å². The zero-order valence-electron chi connectivity index (χ0n) is 14.9. The number of nitrogens with zero attached hydrogens (tertiary/aromatic N) is 5. The Balaban J connectivity index is 1.93. The molecule has 0 spiro atoms. The average molecular weight is 377 g/mol. The lowest BCUT2D eigenvalue weighted by atomic mass is 10.2. The Morgan fingerprint density at radius 3 is 2.56 bits per heavy atom. The quantitative estimate of drug-likeness (QED) is 0.485. The number of hydrogen-bond acceptors (Lipinski definition) is 7. The van der Waals surface area contributed by atoms with E-state index < -0.39 is 0 Å². The van der Waals surface area contributed by atoms with Gasteiger partial charge in [0.1, 0.15) is 12.1 Å². The Morgan fingerprint density at radius 2 is 1.81 bits per heavy atom. The van der Waals surface area contributed by atoms with Crippen molar-refractivity contribution in [1.82, 2.24) is 15.0 Å². The van der Waals surface area contributed by atoms with E-state index in [1.807, 2.05) is 42.3 Å². The number of aromatic nitrogens is 3. The van der Waals surface area contributed by atoms with E-state index in [1.54, 1.807) is 14.2 Å². The number of methoxy groups -OCH3 is 2. The van der Waals surface area contributed by atoms with Crippen molar-refractivity contribution in [2.75, 3.05) is 26.2 Å². The highest BCUT2D eigenvalue weighted by molar-refractivity contribution is 7.23. The molecule has 2 heterocycles. The lowest BCUT2D eigenvalue weighted by molar-refractivity contribution is 0.355. The molecule has 4 rings (SSSR count). The number of benzene rings is 2. The van der Waals surface area contributed by atoms with Crippen molar-refractivity contribution in [1.29, 1.82) is 0 Å². The molecule has 2 aromatic heterocycles. The molecule has 0 aliphatic heterocycles. The molecular formula is C19H15N5O2S. The maximum atomic E-state index is 7.25. The van der Waals surface area contributed by atoms with Crippen LogP contribution in [0.1, 0.15) is 0 Å². The normalized spacial score (nSPS) is 10.7. The van der Waals surface area contributed by atoms with Crippen molar-refractivity contribution < 1.29 is 9.47 Å². The molecule has 0 atom stereocenters. The molecule has 0 N–H and O–H groups in total. The van der Waals surface area contributed by atoms with Crippen LogP contribution in [-0.4, -0.2) is 36.2 Å². The number of hydrogen-bond donors (Lipinski definition) is 0. The summed E-state index contributed by atoms with van der Waals surface area (Å²) in [5, 5.41) is 1.28. The van der Waals surface area contributed by atoms with Crippen LogP contribution in [0.2, 0.25) is 0 Å². The fraction of sp³-hybridized carbons (Fsp3) is 0.158. The molecule has 4 aromatic rings. The Bertz CT molecular complexity index is 1200. The number of fused-ring (bicyclic) bond motifs is 3. The molecule has 0 saturated carbocycles. The van der Waals surface area contributed by atoms with E-state index in [2.05, 4.69) is 19.8 Å². The van der Waals surface area contributed by atoms with Crippen molar-refractivity contribution in [3.8, 4) is 11.5 Å². The summed E-state index contributed by atoms with van der Waals surface area (Å²) in [7, 11) is 5.14. The van der Waals surface area contributed by atoms with Gasteiger partial charge in [0, 0.05) is 18.8 Å². The van der Waals surface area contributed by atoms with Crippen LogP contribution >= 0.6 is 11.3 Å². The minimum atomic E-state index is 0.404. The van der Waals surface area contributed by atoms with E-state index in [4.69, 9.17) is 16.0 Å². The van der Waals surface area contributed by atoms with Crippen LogP contribution in [0.5, 0.6) is 11.5 Å². The molecule has 2 aromatic carbocycles. The minimum Gasteiger partial charge on any atom is -0.493 e. The Morgan fingerprint density at radius 1 is 1.04 bits per heavy atom. The van der Waals surface area contributed by atoms with Crippen LogP contribution in [0.25, 0.3) is 26.0 Å². The van der Waals surface area contributed by atoms with E-state index in [0.717, 1.165) is 32.6 Å². The second kappa shape index (κ2) is 6.70. The molecule has 7 nitrogen and oxygen atoms in total. The monoisotopic (exact) mass is 377 g/mol. The van der Waals surface area contributed by atoms with Crippen molar-refractivity contribution in [2.45, 2.75) is 0 Å². The van der Waals surface area contributed by atoms with Crippen LogP contribution in [0.4, 0.5) is 16.6 Å². The van der Waals surface area contributed by atoms with Gasteiger partial charge in [0.25, 0.3) is 0 Å². The van der Waals surface area contributed by atoms with Gasteiger partial charge in [-0.2, -0.15) is 0 Å². The third-order valence-corrected chi connectivity index (χ3v) is 5.28. The first-order valence-electron chi connectivity index (χ1n) is 8.03. The number of rotatable bonds is 4. The summed E-state index contributed by atoms with van der Waals surface area (Å²) in [5.74, 6) is 2.03. The minimum absolute atomic E-state index is 0.404. The summed E-state index contributed by atoms with van der Waals surface area (Å²) in [6.07, 6.45) is 1.54. The van der Waals surface area contributed by atoms with Gasteiger partial charge < -0.3 is 19.2 Å². The SMILES string of the molecule is [C-]#[N+]c1nc2ccc3ncnc(N(C)c4ccc(OC)c(OC)c4)c3c2s1. The lowest BCUT2D eigenvalue weighted by Gasteiger charge is -2.21. The standard InChI is InChI=1S/C19H15N5O2S/c1-20-19-23-13-7-6-12-16(17(13)27-19)18(22-10-21-12)24(2)11-5-8-14(25-3)15(9-11)26-4/h5-10H,2-4H3. The van der Waals surface area contributed by atoms with E-state index in [0.29, 0.717) is 16.6 Å². The summed E-state index contributed by atoms with van der Waals surface area (Å²) in [4.78, 5) is 18.7. The van der Waals surface area contributed by atoms with Crippen LogP contribution in [0, 0.1) is 6.57 Å². The van der Waals surface area contributed by atoms with E-state index in [9.17, 15) is 0 Å². The van der Waals surface area contributed by atoms with Crippen LogP contribution < -0.4 is 14.4 Å². The summed E-state index contributed by atoms with van der Waals surface area (Å²) >= 11 is 1.35. The predicted molar refractivity (Wildman–Crippen MR) is 107 cm³/mol. The molecule has 0 aliphatic rings. The molecule has 0 radical (unpaired) electrons. The fourth-order valence-electron chi connectivity index (χ4n) is 2.96. The highest BCUT2D eigenvalue weighted by Crippen LogP contribution is 2.40. The molecule has 0 bridgehead atoms. The van der Waals surface area contributed by atoms with Gasteiger partial charge in [-0.25, -0.2) is 9.97 Å². The summed E-state index contributed by atoms with van der Waals surface area (Å²) < 4.78 is 11.6. The first-order valence-corrected chi connectivity index (χ1v) is 8.85. The van der Waals surface area contributed by atoms with Gasteiger partial charge in [0.15, 0.2) is 17.0 Å². The molecule has 134 valence electrons. The van der Waals surface area contributed by atoms with Gasteiger partial charge in [-0.15, -0.1) is 16.3 Å². The topological polar surface area (TPSA) is 64.7 Å². The average Bonchev–Trinajstić information content (AvgIpc) is 3.16. The molecule has 0 fully saturated rings. The van der Waals surface area contributed by atoms with E-state index in [1.165, 1.54) is 17.7 Å². The van der Waals surface area contributed by atoms with Crippen molar-refractivity contribution in [3.63, 3.8) is 0 Å². The number of thiazole rings is 1. The molecular weight excluding hydrogens is 362 g/mol. The van der Waals surface area contributed by atoms with Gasteiger partial charge in [-0.1, -0.05) is 6.57 Å². The van der Waals surface area contributed by atoms with Gasteiger partial charge in [-0.3, -0.25) is 0 Å². The smallest absolute Gasteiger partial charge is 0.330 e. The van der Waals surface area contributed by atoms with Gasteiger partial charge in [0.2, 0.25) is 0 Å². The van der Waals surface area contributed by atoms with Crippen LogP contribution in [0.3, 0.4) is 0 Å². The molecule has 27 heavy (non-hydrogen) atoms. The van der Waals surface area contributed by atoms with E-state index in [-0.39, 0.29) is 0 Å². The molecule has 0 saturated heterocycles. The van der Waals surface area contributed by atoms with Gasteiger partial charge in [0.05, 0.1) is 29.8 Å². The van der Waals surface area contributed by atoms with E-state index >= 15 is 0 Å². The van der Waals surface area contributed by atoms with Crippen molar-refractivity contribution >= 4 is 49.1 Å². The highest BCUT2D eigenvalue weighted by Gasteiger charge is 2.18. The maximum absolute atomic E-state index is 7.25. The van der Waals surface area contributed by atoms with Crippen LogP contribution in [0.15, 0.2) is 36.7 Å². The fourth-order valence-corrected chi connectivity index (χ4v) is 3.85. The van der Waals surface area contributed by atoms with Gasteiger partial charge >= 0.3 is 5.13 Å². The second-order valence-electron chi connectivity index (χ2n) is 5.71. The third kappa shape index (κ3) is 2.78. The third-order valence-electron chi connectivity index (χ3n) is 4.29. The summed E-state index contributed by atoms with van der Waals surface area (Å²) in [5.41, 5.74) is 2.47. The predicted octanol–water partition coefficient (Wildman–Crippen LogP) is 4.58. The molecule has 0 unspecified atom stereocenters. The highest BCUT2D eigenvalue weighted by atomic mass is 32.1. The zero-order chi connectivity index (χ0) is 19.0. The molecule has 8 heteroatoms. The molecule has 0 aliphatic carbocycles. The summed E-state index contributed by atoms with van der Waals surface area (Å²) in [6.45, 7) is 7.25. The Hall–Kier alpha value is -3.44. The lowest BCUT2D eigenvalue weighted by Crippen LogP contribution is -2.12. The summed E-state index contributed by atoms with van der Waals surface area (Å²) in [6, 6.07) is 9.47. The number of ether oxygens (including phenoxy) is 2. The van der Waals surface area contributed by atoms with Crippen molar-refractivity contribution in [3.05, 3.63) is 48.1 Å². The maximum Gasteiger partial charge on any atom is 0.330 e. The first-order chi connectivity index (χ1) is 13.2. The molecule has 0 amide bonds. The van der Waals surface area contributed by atoms with Crippen molar-refractivity contribution in [2.24, 2.45) is 0 Å². The first kappa shape index (κ1) is 17.0. The zero-order valence-corrected chi connectivity index (χ0v) is 15.7. The Labute approximate surface area is 159 Å². The van der Waals surface area contributed by atoms with Crippen LogP contribution in [-0.2, 0) is 0 Å². The number of anilines is 2. The largest absolute Gasteiger partial charge is 0.493 e.